The molecule has 1 rings (SSSR count). The van der Waals surface area contributed by atoms with Gasteiger partial charge in [-0.2, -0.15) is 0 Å². The fourth-order valence-electron chi connectivity index (χ4n) is 0.961. The third-order valence-electron chi connectivity index (χ3n) is 1.64. The summed E-state index contributed by atoms with van der Waals surface area (Å²) in [4.78, 5) is 21.3. The van der Waals surface area contributed by atoms with Crippen molar-refractivity contribution in [3.63, 3.8) is 0 Å². The van der Waals surface area contributed by atoms with Gasteiger partial charge in [-0.25, -0.2) is 9.18 Å². The highest BCUT2D eigenvalue weighted by Gasteiger charge is 2.21. The summed E-state index contributed by atoms with van der Waals surface area (Å²) in [6.07, 6.45) is 0.587. The molecule has 0 fully saturated rings. The molecule has 0 N–H and O–H groups in total. The average molecular weight is 263 g/mol. The van der Waals surface area contributed by atoms with Gasteiger partial charge in [0.1, 0.15) is 5.82 Å². The van der Waals surface area contributed by atoms with Crippen molar-refractivity contribution >= 4 is 34.9 Å². The van der Waals surface area contributed by atoms with E-state index in [9.17, 15) is 14.0 Å². The van der Waals surface area contributed by atoms with E-state index in [2.05, 4.69) is 4.74 Å². The Hall–Kier alpha value is -1.35. The zero-order valence-electron chi connectivity index (χ0n) is 7.75. The van der Waals surface area contributed by atoms with Gasteiger partial charge in [0.05, 0.1) is 5.56 Å². The van der Waals surface area contributed by atoms with Gasteiger partial charge in [0.15, 0.2) is 12.2 Å². The third-order valence-corrected chi connectivity index (χ3v) is 2.17. The van der Waals surface area contributed by atoms with E-state index in [1.165, 1.54) is 18.1 Å². The Kier molecular flexibility index (Phi) is 4.50. The topological polar surface area (TPSA) is 43.4 Å². The van der Waals surface area contributed by atoms with Crippen molar-refractivity contribution in [2.75, 3.05) is 0 Å². The van der Waals surface area contributed by atoms with Crippen molar-refractivity contribution in [2.45, 2.75) is 5.56 Å². The normalized spacial score (nSPS) is 11.4. The lowest BCUT2D eigenvalue weighted by atomic mass is 10.1. The monoisotopic (exact) mass is 262 g/mol. The molecule has 0 radical (unpaired) electrons. The summed E-state index contributed by atoms with van der Waals surface area (Å²) >= 11 is 11.0. The molecule has 0 aliphatic heterocycles. The summed E-state index contributed by atoms with van der Waals surface area (Å²) in [6, 6.07) is 3.51. The highest BCUT2D eigenvalue weighted by molar-refractivity contribution is 6.33. The van der Waals surface area contributed by atoms with Crippen molar-refractivity contribution < 1.29 is 18.7 Å². The van der Waals surface area contributed by atoms with Gasteiger partial charge in [0.25, 0.3) is 0 Å². The average Bonchev–Trinajstić information content (AvgIpc) is 2.25. The number of ketones is 1. The zero-order valence-corrected chi connectivity index (χ0v) is 9.26. The largest absolute Gasteiger partial charge is 0.463 e. The number of carbonyl (C=O) groups is 1. The molecular weight excluding hydrogens is 258 g/mol. The Labute approximate surface area is 100 Å². The molecule has 1 unspecified atom stereocenters. The molecule has 0 aliphatic rings. The molecule has 6 heteroatoms. The minimum atomic E-state index is -1.47. The Morgan fingerprint density at radius 1 is 1.56 bits per heavy atom. The van der Waals surface area contributed by atoms with Crippen LogP contribution in [0.3, 0.4) is 0 Å². The van der Waals surface area contributed by atoms with Crippen LogP contribution in [0.15, 0.2) is 24.5 Å². The standard InChI is InChI=1S/C10H5Cl2FO3/c11-6-1-2-7(8(13)5-6)9(15)10(12)16-4-3-14/h1-2,4-5,10H. The molecule has 0 spiro atoms. The minimum absolute atomic E-state index is 0.161. The van der Waals surface area contributed by atoms with E-state index in [0.29, 0.717) is 6.26 Å². The van der Waals surface area contributed by atoms with E-state index in [-0.39, 0.29) is 10.6 Å². The lowest BCUT2D eigenvalue weighted by Crippen LogP contribution is -2.17. The molecule has 84 valence electrons. The number of hydrogen-bond donors (Lipinski definition) is 0. The summed E-state index contributed by atoms with van der Waals surface area (Å²) < 4.78 is 17.7. The smallest absolute Gasteiger partial charge is 0.235 e. The molecular formula is C10H5Cl2FO3. The first-order chi connectivity index (χ1) is 7.56. The molecule has 0 amide bonds. The quantitative estimate of drug-likeness (QED) is 0.363. The molecule has 1 aromatic carbocycles. The molecule has 0 aromatic heterocycles. The molecule has 0 saturated heterocycles. The summed E-state index contributed by atoms with van der Waals surface area (Å²) in [5.41, 5.74) is -1.74. The highest BCUT2D eigenvalue weighted by Crippen LogP contribution is 2.18. The number of ether oxygens (including phenoxy) is 1. The summed E-state index contributed by atoms with van der Waals surface area (Å²) in [5.74, 6) is -0.327. The van der Waals surface area contributed by atoms with E-state index < -0.39 is 17.2 Å². The molecule has 3 nitrogen and oxygen atoms in total. The molecule has 1 aromatic rings. The predicted octanol–water partition coefficient (Wildman–Crippen LogP) is 2.59. The van der Waals surface area contributed by atoms with Gasteiger partial charge in [-0.05, 0) is 18.2 Å². The van der Waals surface area contributed by atoms with Crippen molar-refractivity contribution in [1.82, 2.24) is 0 Å². The fraction of sp³-hybridized carbons (Fsp3) is 0.100. The number of halogens is 3. The van der Waals surface area contributed by atoms with Crippen LogP contribution in [0, 0.1) is 5.82 Å². The Morgan fingerprint density at radius 3 is 2.81 bits per heavy atom. The number of alkyl halides is 1. The minimum Gasteiger partial charge on any atom is -0.463 e. The second-order valence-corrected chi connectivity index (χ2v) is 3.51. The van der Waals surface area contributed by atoms with Gasteiger partial charge < -0.3 is 4.74 Å². The summed E-state index contributed by atoms with van der Waals surface area (Å²) in [7, 11) is 0. The highest BCUT2D eigenvalue weighted by atomic mass is 35.5. The van der Waals surface area contributed by atoms with E-state index in [1.807, 2.05) is 0 Å². The third kappa shape index (κ3) is 3.07. The number of carbonyl (C=O) groups excluding carboxylic acids is 2. The van der Waals surface area contributed by atoms with Gasteiger partial charge in [0.2, 0.25) is 11.3 Å². The van der Waals surface area contributed by atoms with Crippen LogP contribution in [-0.2, 0) is 9.53 Å². The van der Waals surface area contributed by atoms with Gasteiger partial charge in [-0.15, -0.1) is 0 Å². The molecule has 0 bridgehead atoms. The van der Waals surface area contributed by atoms with Gasteiger partial charge >= 0.3 is 0 Å². The van der Waals surface area contributed by atoms with E-state index in [0.717, 1.165) is 6.07 Å². The summed E-state index contributed by atoms with van der Waals surface area (Å²) in [5, 5.41) is 0.161. The Balaban J connectivity index is 2.91. The second kappa shape index (κ2) is 5.66. The summed E-state index contributed by atoms with van der Waals surface area (Å²) in [6.45, 7) is 0. The Morgan fingerprint density at radius 2 is 2.25 bits per heavy atom. The lowest BCUT2D eigenvalue weighted by molar-refractivity contribution is 0.0835. The molecule has 1 atom stereocenters. The van der Waals surface area contributed by atoms with Crippen LogP contribution in [0.2, 0.25) is 5.02 Å². The second-order valence-electron chi connectivity index (χ2n) is 2.68. The maximum atomic E-state index is 13.3. The first-order valence-electron chi connectivity index (χ1n) is 4.04. The van der Waals surface area contributed by atoms with Crippen LogP contribution in [0.1, 0.15) is 10.4 Å². The van der Waals surface area contributed by atoms with Crippen LogP contribution in [-0.4, -0.2) is 17.3 Å². The van der Waals surface area contributed by atoms with Crippen LogP contribution in [0.25, 0.3) is 0 Å². The number of hydrogen-bond acceptors (Lipinski definition) is 3. The van der Waals surface area contributed by atoms with E-state index in [4.69, 9.17) is 23.2 Å². The molecule has 0 heterocycles. The Bertz CT molecular complexity index is 455. The van der Waals surface area contributed by atoms with Crippen LogP contribution in [0.4, 0.5) is 4.39 Å². The molecule has 16 heavy (non-hydrogen) atoms. The van der Waals surface area contributed by atoms with Crippen molar-refractivity contribution in [3.8, 4) is 0 Å². The first-order valence-corrected chi connectivity index (χ1v) is 4.86. The van der Waals surface area contributed by atoms with Gasteiger partial charge in [-0.1, -0.05) is 23.2 Å². The maximum absolute atomic E-state index is 13.3. The number of rotatable bonds is 4. The number of benzene rings is 1. The van der Waals surface area contributed by atoms with Gasteiger partial charge in [0, 0.05) is 5.02 Å². The van der Waals surface area contributed by atoms with E-state index >= 15 is 0 Å². The van der Waals surface area contributed by atoms with Crippen molar-refractivity contribution in [1.29, 1.82) is 0 Å². The van der Waals surface area contributed by atoms with Crippen molar-refractivity contribution in [3.05, 3.63) is 40.9 Å². The molecule has 0 aliphatic carbocycles. The SMILES string of the molecule is O=C=COC(Cl)C(=O)c1ccc(Cl)cc1F. The molecule has 0 saturated carbocycles. The van der Waals surface area contributed by atoms with E-state index in [1.54, 1.807) is 0 Å². The van der Waals surface area contributed by atoms with Crippen molar-refractivity contribution in [2.24, 2.45) is 0 Å². The van der Waals surface area contributed by atoms with Gasteiger partial charge in [-0.3, -0.25) is 4.79 Å². The maximum Gasteiger partial charge on any atom is 0.235 e. The first kappa shape index (κ1) is 12.7. The fourth-order valence-corrected chi connectivity index (χ4v) is 1.29. The van der Waals surface area contributed by atoms with Crippen LogP contribution >= 0.6 is 23.2 Å². The zero-order chi connectivity index (χ0) is 12.1. The van der Waals surface area contributed by atoms with Crippen LogP contribution in [0.5, 0.6) is 0 Å². The van der Waals surface area contributed by atoms with Crippen LogP contribution < -0.4 is 0 Å². The number of Topliss-reactive ketones (excluding diaryl/α,β-unsaturated/α-hetero) is 1. The lowest BCUT2D eigenvalue weighted by Gasteiger charge is -2.07. The predicted molar refractivity (Wildman–Crippen MR) is 56.7 cm³/mol.